The van der Waals surface area contributed by atoms with Gasteiger partial charge in [-0.2, -0.15) is 0 Å². The molecule has 3 nitrogen and oxygen atoms in total. The summed E-state index contributed by atoms with van der Waals surface area (Å²) in [6.07, 6.45) is 3.21. The minimum absolute atomic E-state index is 0.0239. The van der Waals surface area contributed by atoms with Crippen molar-refractivity contribution in [2.75, 3.05) is 20.3 Å². The molecule has 2 atom stereocenters. The first-order valence-electron chi connectivity index (χ1n) is 4.53. The van der Waals surface area contributed by atoms with Crippen molar-refractivity contribution in [2.24, 2.45) is 0 Å². The third-order valence-electron chi connectivity index (χ3n) is 2.49. The van der Waals surface area contributed by atoms with Gasteiger partial charge in [0.05, 0.1) is 12.7 Å². The van der Waals surface area contributed by atoms with E-state index in [0.29, 0.717) is 12.7 Å². The number of aliphatic hydroxyl groups excluding tert-OH is 1. The van der Waals surface area contributed by atoms with Crippen LogP contribution in [0.3, 0.4) is 0 Å². The van der Waals surface area contributed by atoms with Crippen molar-refractivity contribution >= 4 is 0 Å². The van der Waals surface area contributed by atoms with Gasteiger partial charge in [0.2, 0.25) is 0 Å². The van der Waals surface area contributed by atoms with Gasteiger partial charge in [0.1, 0.15) is 5.60 Å². The Bertz CT molecular complexity index is 138. The Labute approximate surface area is 73.7 Å². The van der Waals surface area contributed by atoms with E-state index < -0.39 is 0 Å². The first kappa shape index (κ1) is 9.96. The number of ether oxygens (including phenoxy) is 2. The molecule has 3 heteroatoms. The van der Waals surface area contributed by atoms with Gasteiger partial charge in [-0.1, -0.05) is 0 Å². The number of rotatable bonds is 6. The van der Waals surface area contributed by atoms with Crippen molar-refractivity contribution in [1.82, 2.24) is 0 Å². The van der Waals surface area contributed by atoms with E-state index in [4.69, 9.17) is 14.6 Å². The van der Waals surface area contributed by atoms with Crippen LogP contribution in [0, 0.1) is 0 Å². The lowest BCUT2D eigenvalue weighted by atomic mass is 10.00. The molecule has 0 aliphatic carbocycles. The lowest BCUT2D eigenvalue weighted by Crippen LogP contribution is -2.21. The van der Waals surface area contributed by atoms with Crippen LogP contribution >= 0.6 is 0 Å². The Kier molecular flexibility index (Phi) is 3.50. The summed E-state index contributed by atoms with van der Waals surface area (Å²) in [4.78, 5) is 0. The fourth-order valence-corrected chi connectivity index (χ4v) is 1.58. The third kappa shape index (κ3) is 2.19. The zero-order valence-electron chi connectivity index (χ0n) is 7.88. The molecule has 0 radical (unpaired) electrons. The molecule has 12 heavy (non-hydrogen) atoms. The fourth-order valence-electron chi connectivity index (χ4n) is 1.58. The van der Waals surface area contributed by atoms with Gasteiger partial charge in [-0.15, -0.1) is 0 Å². The molecule has 0 bridgehead atoms. The SMILES string of the molecule is COCC1(CCCCO)OC1C. The predicted molar refractivity (Wildman–Crippen MR) is 46.1 cm³/mol. The second kappa shape index (κ2) is 4.21. The molecular weight excluding hydrogens is 156 g/mol. The van der Waals surface area contributed by atoms with Crippen LogP contribution in [0.2, 0.25) is 0 Å². The molecule has 0 saturated carbocycles. The van der Waals surface area contributed by atoms with Gasteiger partial charge in [-0.3, -0.25) is 0 Å². The fraction of sp³-hybridized carbons (Fsp3) is 1.00. The molecule has 1 N–H and O–H groups in total. The van der Waals surface area contributed by atoms with Gasteiger partial charge in [-0.05, 0) is 26.2 Å². The first-order chi connectivity index (χ1) is 5.75. The normalized spacial score (nSPS) is 33.8. The van der Waals surface area contributed by atoms with Crippen molar-refractivity contribution in [3.05, 3.63) is 0 Å². The Morgan fingerprint density at radius 2 is 2.17 bits per heavy atom. The van der Waals surface area contributed by atoms with Gasteiger partial charge in [-0.25, -0.2) is 0 Å². The molecular formula is C9H18O3. The molecule has 0 aromatic rings. The molecule has 1 aliphatic rings. The van der Waals surface area contributed by atoms with E-state index in [9.17, 15) is 0 Å². The molecule has 0 aromatic carbocycles. The minimum Gasteiger partial charge on any atom is -0.396 e. The maximum absolute atomic E-state index is 8.61. The summed E-state index contributed by atoms with van der Waals surface area (Å²) in [5.74, 6) is 0. The van der Waals surface area contributed by atoms with Crippen LogP contribution in [0.4, 0.5) is 0 Å². The van der Waals surface area contributed by atoms with E-state index in [0.717, 1.165) is 19.3 Å². The molecule has 1 heterocycles. The van der Waals surface area contributed by atoms with Gasteiger partial charge in [0, 0.05) is 13.7 Å². The van der Waals surface area contributed by atoms with Crippen LogP contribution in [0.5, 0.6) is 0 Å². The molecule has 1 fully saturated rings. The monoisotopic (exact) mass is 174 g/mol. The zero-order chi connectivity index (χ0) is 9.03. The number of epoxide rings is 1. The van der Waals surface area contributed by atoms with Crippen LogP contribution in [0.15, 0.2) is 0 Å². The van der Waals surface area contributed by atoms with E-state index in [1.54, 1.807) is 7.11 Å². The van der Waals surface area contributed by atoms with Crippen LogP contribution in [0.25, 0.3) is 0 Å². The Balaban J connectivity index is 2.18. The molecule has 0 spiro atoms. The number of methoxy groups -OCH3 is 1. The van der Waals surface area contributed by atoms with E-state index in [2.05, 4.69) is 6.92 Å². The van der Waals surface area contributed by atoms with E-state index in [1.165, 1.54) is 0 Å². The van der Waals surface area contributed by atoms with E-state index >= 15 is 0 Å². The van der Waals surface area contributed by atoms with Crippen molar-refractivity contribution in [1.29, 1.82) is 0 Å². The third-order valence-corrected chi connectivity index (χ3v) is 2.49. The highest BCUT2D eigenvalue weighted by atomic mass is 16.6. The van der Waals surface area contributed by atoms with Crippen molar-refractivity contribution < 1.29 is 14.6 Å². The molecule has 0 aromatic heterocycles. The van der Waals surface area contributed by atoms with Gasteiger partial charge >= 0.3 is 0 Å². The lowest BCUT2D eigenvalue weighted by molar-refractivity contribution is 0.112. The summed E-state index contributed by atoms with van der Waals surface area (Å²) in [6.45, 7) is 3.02. The molecule has 2 unspecified atom stereocenters. The summed E-state index contributed by atoms with van der Waals surface area (Å²) in [6, 6.07) is 0. The summed E-state index contributed by atoms with van der Waals surface area (Å²) in [5.41, 5.74) is -0.0239. The standard InChI is InChI=1S/C9H18O3/c1-8-9(12-8,7-11-2)5-3-4-6-10/h8,10H,3-7H2,1-2H3. The average molecular weight is 174 g/mol. The Morgan fingerprint density at radius 1 is 1.50 bits per heavy atom. The highest BCUT2D eigenvalue weighted by molar-refractivity contribution is 4.99. The van der Waals surface area contributed by atoms with Crippen molar-refractivity contribution in [3.63, 3.8) is 0 Å². The van der Waals surface area contributed by atoms with Crippen LogP contribution < -0.4 is 0 Å². The number of aliphatic hydroxyl groups is 1. The van der Waals surface area contributed by atoms with Crippen molar-refractivity contribution in [3.8, 4) is 0 Å². The number of hydrogen-bond acceptors (Lipinski definition) is 3. The predicted octanol–water partition coefficient (Wildman–Crippen LogP) is 0.953. The van der Waals surface area contributed by atoms with Crippen LogP contribution in [-0.4, -0.2) is 37.1 Å². The highest BCUT2D eigenvalue weighted by Crippen LogP contribution is 2.40. The Morgan fingerprint density at radius 3 is 2.58 bits per heavy atom. The van der Waals surface area contributed by atoms with Gasteiger partial charge in [0.15, 0.2) is 0 Å². The molecule has 1 saturated heterocycles. The summed E-state index contributed by atoms with van der Waals surface area (Å²) >= 11 is 0. The second-order valence-corrected chi connectivity index (χ2v) is 3.44. The van der Waals surface area contributed by atoms with Crippen molar-refractivity contribution in [2.45, 2.75) is 37.9 Å². The molecule has 1 rings (SSSR count). The first-order valence-corrected chi connectivity index (χ1v) is 4.53. The lowest BCUT2D eigenvalue weighted by Gasteiger charge is -2.10. The quantitative estimate of drug-likeness (QED) is 0.481. The Hall–Kier alpha value is -0.120. The van der Waals surface area contributed by atoms with E-state index in [1.807, 2.05) is 0 Å². The number of unbranched alkanes of at least 4 members (excludes halogenated alkanes) is 1. The van der Waals surface area contributed by atoms with Gasteiger partial charge < -0.3 is 14.6 Å². The molecule has 72 valence electrons. The smallest absolute Gasteiger partial charge is 0.118 e. The van der Waals surface area contributed by atoms with Crippen LogP contribution in [0.1, 0.15) is 26.2 Å². The topological polar surface area (TPSA) is 42.0 Å². The summed E-state index contributed by atoms with van der Waals surface area (Å²) in [5, 5.41) is 8.61. The van der Waals surface area contributed by atoms with Crippen LogP contribution in [-0.2, 0) is 9.47 Å². The largest absolute Gasteiger partial charge is 0.396 e. The van der Waals surface area contributed by atoms with Gasteiger partial charge in [0.25, 0.3) is 0 Å². The zero-order valence-corrected chi connectivity index (χ0v) is 7.88. The maximum Gasteiger partial charge on any atom is 0.118 e. The second-order valence-electron chi connectivity index (χ2n) is 3.44. The molecule has 1 aliphatic heterocycles. The highest BCUT2D eigenvalue weighted by Gasteiger charge is 2.52. The minimum atomic E-state index is -0.0239. The number of hydrogen-bond donors (Lipinski definition) is 1. The summed E-state index contributed by atoms with van der Waals surface area (Å²) < 4.78 is 10.6. The maximum atomic E-state index is 8.61. The molecule has 0 amide bonds. The summed E-state index contributed by atoms with van der Waals surface area (Å²) in [7, 11) is 1.70. The average Bonchev–Trinajstić information content (AvgIpc) is 2.63. The van der Waals surface area contributed by atoms with E-state index in [-0.39, 0.29) is 12.2 Å².